The number of nitrogens with one attached hydrogen (secondary N) is 2. The molecule has 0 atom stereocenters. The van der Waals surface area contributed by atoms with Crippen molar-refractivity contribution in [1.29, 1.82) is 0 Å². The molecule has 3 rings (SSSR count). The number of urea groups is 1. The van der Waals surface area contributed by atoms with Gasteiger partial charge in [0.1, 0.15) is 0 Å². The molecule has 0 aliphatic carbocycles. The maximum atomic E-state index is 12.0. The van der Waals surface area contributed by atoms with E-state index in [1.165, 1.54) is 18.6 Å². The van der Waals surface area contributed by atoms with Crippen LogP contribution in [0.5, 0.6) is 0 Å². The maximum Gasteiger partial charge on any atom is 0.324 e. The van der Waals surface area contributed by atoms with Gasteiger partial charge in [0.05, 0.1) is 17.4 Å². The second-order valence-electron chi connectivity index (χ2n) is 4.19. The monoisotopic (exact) mass is 343 g/mol. The highest BCUT2D eigenvalue weighted by molar-refractivity contribution is 9.10. The normalized spacial score (nSPS) is 10.3. The van der Waals surface area contributed by atoms with Gasteiger partial charge in [-0.3, -0.25) is 15.3 Å². The minimum atomic E-state index is -0.383. The molecule has 7 heteroatoms. The van der Waals surface area contributed by atoms with E-state index in [1.807, 2.05) is 18.2 Å². The molecule has 2 heterocycles. The minimum absolute atomic E-state index is 0.383. The van der Waals surface area contributed by atoms with E-state index in [-0.39, 0.29) is 6.03 Å². The summed E-state index contributed by atoms with van der Waals surface area (Å²) >= 11 is 3.40. The molecule has 6 nitrogen and oxygen atoms in total. The molecule has 3 aromatic rings. The number of hydrogen-bond donors (Lipinski definition) is 2. The Balaban J connectivity index is 1.83. The van der Waals surface area contributed by atoms with E-state index in [0.717, 1.165) is 15.4 Å². The van der Waals surface area contributed by atoms with E-state index in [0.29, 0.717) is 11.5 Å². The predicted octanol–water partition coefficient (Wildman–Crippen LogP) is 3.43. The Morgan fingerprint density at radius 1 is 1.05 bits per heavy atom. The third-order valence-electron chi connectivity index (χ3n) is 2.76. The first-order valence-corrected chi connectivity index (χ1v) is 6.90. The molecule has 0 saturated carbocycles. The molecule has 2 amide bonds. The summed E-state index contributed by atoms with van der Waals surface area (Å²) in [5.41, 5.74) is 1.47. The van der Waals surface area contributed by atoms with Crippen LogP contribution in [-0.4, -0.2) is 21.0 Å². The van der Waals surface area contributed by atoms with Crippen LogP contribution < -0.4 is 10.6 Å². The van der Waals surface area contributed by atoms with Gasteiger partial charge in [0, 0.05) is 28.4 Å². The zero-order chi connectivity index (χ0) is 14.7. The van der Waals surface area contributed by atoms with Crippen LogP contribution in [-0.2, 0) is 0 Å². The van der Waals surface area contributed by atoms with Crippen molar-refractivity contribution in [1.82, 2.24) is 15.0 Å². The molecular weight excluding hydrogens is 334 g/mol. The van der Waals surface area contributed by atoms with Gasteiger partial charge in [-0.2, -0.15) is 0 Å². The Labute approximate surface area is 128 Å². The van der Waals surface area contributed by atoms with Gasteiger partial charge in [-0.1, -0.05) is 15.9 Å². The fourth-order valence-electron chi connectivity index (χ4n) is 1.86. The van der Waals surface area contributed by atoms with Crippen molar-refractivity contribution >= 4 is 44.4 Å². The Kier molecular flexibility index (Phi) is 3.74. The fourth-order valence-corrected chi connectivity index (χ4v) is 2.21. The maximum absolute atomic E-state index is 12.0. The number of halogens is 1. The van der Waals surface area contributed by atoms with Crippen LogP contribution in [0.4, 0.5) is 16.3 Å². The molecule has 0 saturated heterocycles. The molecular formula is C14H10BrN5O. The molecule has 0 bridgehead atoms. The number of aromatic nitrogens is 3. The van der Waals surface area contributed by atoms with Crippen molar-refractivity contribution in [3.8, 4) is 0 Å². The molecule has 0 unspecified atom stereocenters. The second-order valence-corrected chi connectivity index (χ2v) is 5.11. The summed E-state index contributed by atoms with van der Waals surface area (Å²) < 4.78 is 0.934. The van der Waals surface area contributed by atoms with Crippen LogP contribution in [0.3, 0.4) is 0 Å². The molecule has 2 aromatic heterocycles. The van der Waals surface area contributed by atoms with Gasteiger partial charge in [0.2, 0.25) is 0 Å². The predicted molar refractivity (Wildman–Crippen MR) is 84.1 cm³/mol. The van der Waals surface area contributed by atoms with Crippen LogP contribution in [0.2, 0.25) is 0 Å². The van der Waals surface area contributed by atoms with E-state index >= 15 is 0 Å². The number of hydrogen-bond acceptors (Lipinski definition) is 4. The van der Waals surface area contributed by atoms with E-state index < -0.39 is 0 Å². The first-order chi connectivity index (χ1) is 10.2. The summed E-state index contributed by atoms with van der Waals surface area (Å²) in [6, 6.07) is 7.04. The minimum Gasteiger partial charge on any atom is -0.307 e. The van der Waals surface area contributed by atoms with E-state index in [9.17, 15) is 4.79 Å². The van der Waals surface area contributed by atoms with Crippen molar-refractivity contribution in [2.24, 2.45) is 0 Å². The van der Waals surface area contributed by atoms with Crippen LogP contribution in [0.1, 0.15) is 0 Å². The third-order valence-corrected chi connectivity index (χ3v) is 3.25. The molecule has 0 spiro atoms. The van der Waals surface area contributed by atoms with Gasteiger partial charge in [0.15, 0.2) is 5.82 Å². The van der Waals surface area contributed by atoms with Crippen LogP contribution in [0, 0.1) is 0 Å². The zero-order valence-corrected chi connectivity index (χ0v) is 12.3. The number of fused-ring (bicyclic) bond motifs is 1. The van der Waals surface area contributed by atoms with E-state index in [1.54, 1.807) is 12.3 Å². The molecule has 0 radical (unpaired) electrons. The average Bonchev–Trinajstić information content (AvgIpc) is 2.48. The number of benzene rings is 1. The number of amides is 2. The molecule has 0 aliphatic rings. The zero-order valence-electron chi connectivity index (χ0n) is 10.7. The van der Waals surface area contributed by atoms with Gasteiger partial charge in [-0.15, -0.1) is 0 Å². The number of pyridine rings is 1. The summed E-state index contributed by atoms with van der Waals surface area (Å²) in [4.78, 5) is 24.1. The Morgan fingerprint density at radius 2 is 1.95 bits per heavy atom. The second kappa shape index (κ2) is 5.84. The first kappa shape index (κ1) is 13.4. The summed E-state index contributed by atoms with van der Waals surface area (Å²) in [5.74, 6) is 0.385. The molecule has 0 aliphatic heterocycles. The van der Waals surface area contributed by atoms with Crippen molar-refractivity contribution in [3.63, 3.8) is 0 Å². The van der Waals surface area contributed by atoms with Crippen molar-refractivity contribution in [2.75, 3.05) is 10.6 Å². The number of rotatable bonds is 2. The summed E-state index contributed by atoms with van der Waals surface area (Å²) in [5, 5.41) is 6.25. The van der Waals surface area contributed by atoms with Crippen LogP contribution in [0.25, 0.3) is 10.9 Å². The Morgan fingerprint density at radius 3 is 2.76 bits per heavy atom. The van der Waals surface area contributed by atoms with Crippen molar-refractivity contribution in [2.45, 2.75) is 0 Å². The quantitative estimate of drug-likeness (QED) is 0.746. The topological polar surface area (TPSA) is 79.8 Å². The smallest absolute Gasteiger partial charge is 0.307 e. The van der Waals surface area contributed by atoms with Crippen molar-refractivity contribution < 1.29 is 4.79 Å². The van der Waals surface area contributed by atoms with E-state index in [4.69, 9.17) is 0 Å². The summed E-state index contributed by atoms with van der Waals surface area (Å²) in [6.07, 6.45) is 6.17. The largest absolute Gasteiger partial charge is 0.324 e. The van der Waals surface area contributed by atoms with Crippen LogP contribution in [0.15, 0.2) is 53.5 Å². The highest BCUT2D eigenvalue weighted by Crippen LogP contribution is 2.24. The molecule has 2 N–H and O–H groups in total. The number of carbonyl (C=O) groups excluding carboxylic acids is 1. The molecule has 1 aromatic carbocycles. The number of nitrogens with zero attached hydrogens (tertiary/aromatic N) is 3. The van der Waals surface area contributed by atoms with Crippen molar-refractivity contribution in [3.05, 3.63) is 53.5 Å². The van der Waals surface area contributed by atoms with Crippen LogP contribution >= 0.6 is 15.9 Å². The summed E-state index contributed by atoms with van der Waals surface area (Å²) in [7, 11) is 0. The third kappa shape index (κ3) is 3.14. The van der Waals surface area contributed by atoms with Gasteiger partial charge in [0.25, 0.3) is 0 Å². The Hall–Kier alpha value is -2.54. The molecule has 104 valence electrons. The molecule has 0 fully saturated rings. The first-order valence-electron chi connectivity index (χ1n) is 6.11. The lowest BCUT2D eigenvalue weighted by Crippen LogP contribution is -2.20. The highest BCUT2D eigenvalue weighted by Gasteiger charge is 2.07. The lowest BCUT2D eigenvalue weighted by Gasteiger charge is -2.09. The standard InChI is InChI=1S/C14H10BrN5O/c15-9-1-2-10-11(3-4-17-12(10)7-9)19-14(21)20-13-8-16-5-6-18-13/h1-8H,(H2,17,18,19,20,21). The average molecular weight is 344 g/mol. The van der Waals surface area contributed by atoms with Gasteiger partial charge >= 0.3 is 6.03 Å². The Bertz CT molecular complexity index is 794. The van der Waals surface area contributed by atoms with Gasteiger partial charge < -0.3 is 5.32 Å². The van der Waals surface area contributed by atoms with Gasteiger partial charge in [-0.05, 0) is 24.3 Å². The number of carbonyl (C=O) groups is 1. The molecule has 21 heavy (non-hydrogen) atoms. The SMILES string of the molecule is O=C(Nc1cnccn1)Nc1ccnc2cc(Br)ccc12. The highest BCUT2D eigenvalue weighted by atomic mass is 79.9. The van der Waals surface area contributed by atoms with E-state index in [2.05, 4.69) is 41.5 Å². The van der Waals surface area contributed by atoms with Gasteiger partial charge in [-0.25, -0.2) is 9.78 Å². The lowest BCUT2D eigenvalue weighted by atomic mass is 10.2. The number of anilines is 2. The summed E-state index contributed by atoms with van der Waals surface area (Å²) in [6.45, 7) is 0. The fraction of sp³-hybridized carbons (Fsp3) is 0. The lowest BCUT2D eigenvalue weighted by molar-refractivity contribution is 0.262.